The third kappa shape index (κ3) is 1.84. The third-order valence-corrected chi connectivity index (χ3v) is 3.75. The highest BCUT2D eigenvalue weighted by atomic mass is 19.4. The van der Waals surface area contributed by atoms with Gasteiger partial charge in [0.15, 0.2) is 0 Å². The third-order valence-electron chi connectivity index (χ3n) is 3.75. The summed E-state index contributed by atoms with van der Waals surface area (Å²) in [5.74, 6) is 0.0317. The van der Waals surface area contributed by atoms with Crippen LogP contribution in [0.5, 0.6) is 0 Å². The number of hydrogen-bond donors (Lipinski definition) is 0. The van der Waals surface area contributed by atoms with Crippen molar-refractivity contribution < 1.29 is 13.2 Å². The second-order valence-corrected chi connectivity index (χ2v) is 4.50. The summed E-state index contributed by atoms with van der Waals surface area (Å²) in [6.07, 6.45) is 0.879. The van der Waals surface area contributed by atoms with Crippen LogP contribution in [0.4, 0.5) is 13.2 Å². The van der Waals surface area contributed by atoms with E-state index < -0.39 is 12.1 Å². The Morgan fingerprint density at radius 1 is 0.846 bits per heavy atom. The van der Waals surface area contributed by atoms with E-state index in [1.165, 1.54) is 6.42 Å². The molecule has 2 aliphatic carbocycles. The molecular formula is C10H15F3. The van der Waals surface area contributed by atoms with Crippen molar-refractivity contribution in [3.63, 3.8) is 0 Å². The summed E-state index contributed by atoms with van der Waals surface area (Å²) in [7, 11) is 0. The minimum absolute atomic E-state index is 0.372. The number of hydrogen-bond acceptors (Lipinski definition) is 0. The molecule has 2 aliphatic rings. The normalized spacial score (nSPS) is 40.4. The molecule has 2 saturated carbocycles. The van der Waals surface area contributed by atoms with Crippen LogP contribution in [0.15, 0.2) is 0 Å². The monoisotopic (exact) mass is 192 g/mol. The second-order valence-electron chi connectivity index (χ2n) is 4.50. The molecule has 0 saturated heterocycles. The van der Waals surface area contributed by atoms with Crippen LogP contribution >= 0.6 is 0 Å². The molecule has 0 aliphatic heterocycles. The van der Waals surface area contributed by atoms with Crippen LogP contribution < -0.4 is 0 Å². The van der Waals surface area contributed by atoms with E-state index in [1.807, 2.05) is 0 Å². The summed E-state index contributed by atoms with van der Waals surface area (Å²) >= 11 is 0. The molecule has 13 heavy (non-hydrogen) atoms. The Labute approximate surface area is 76.5 Å². The SMILES string of the molecule is FC(F)(F)C1CCCC2CCC2C1. The second kappa shape index (κ2) is 3.18. The Morgan fingerprint density at radius 2 is 1.54 bits per heavy atom. The van der Waals surface area contributed by atoms with Crippen molar-refractivity contribution in [1.29, 1.82) is 0 Å². The maximum absolute atomic E-state index is 12.4. The van der Waals surface area contributed by atoms with E-state index in [0.29, 0.717) is 24.7 Å². The smallest absolute Gasteiger partial charge is 0.171 e. The van der Waals surface area contributed by atoms with Gasteiger partial charge in [0, 0.05) is 0 Å². The molecule has 3 atom stereocenters. The van der Waals surface area contributed by atoms with Crippen LogP contribution in [0.1, 0.15) is 38.5 Å². The van der Waals surface area contributed by atoms with Gasteiger partial charge in [0.05, 0.1) is 5.92 Å². The Bertz CT molecular complexity index is 185. The van der Waals surface area contributed by atoms with Crippen LogP contribution in [-0.2, 0) is 0 Å². The average molecular weight is 192 g/mol. The predicted octanol–water partition coefficient (Wildman–Crippen LogP) is 3.77. The summed E-state index contributed by atoms with van der Waals surface area (Å²) in [4.78, 5) is 0. The molecule has 2 fully saturated rings. The Hall–Kier alpha value is -0.210. The minimum atomic E-state index is -3.94. The average Bonchev–Trinajstić information content (AvgIpc) is 2.10. The Balaban J connectivity index is 1.98. The molecule has 0 bridgehead atoms. The molecule has 0 aromatic heterocycles. The van der Waals surface area contributed by atoms with E-state index in [9.17, 15) is 13.2 Å². The first-order valence-electron chi connectivity index (χ1n) is 5.14. The summed E-state index contributed by atoms with van der Waals surface area (Å²) in [5.41, 5.74) is 0. The van der Waals surface area contributed by atoms with Gasteiger partial charge in [0.25, 0.3) is 0 Å². The Morgan fingerprint density at radius 3 is 2.08 bits per heavy atom. The van der Waals surface area contributed by atoms with E-state index >= 15 is 0 Å². The van der Waals surface area contributed by atoms with Gasteiger partial charge in [-0.05, 0) is 37.5 Å². The van der Waals surface area contributed by atoms with Crippen LogP contribution in [0.2, 0.25) is 0 Å². The number of alkyl halides is 3. The molecule has 0 nitrogen and oxygen atoms in total. The lowest BCUT2D eigenvalue weighted by molar-refractivity contribution is -0.181. The zero-order valence-electron chi connectivity index (χ0n) is 7.61. The van der Waals surface area contributed by atoms with Gasteiger partial charge >= 0.3 is 6.18 Å². The highest BCUT2D eigenvalue weighted by Crippen LogP contribution is 2.48. The van der Waals surface area contributed by atoms with E-state index in [1.54, 1.807) is 0 Å². The molecule has 3 heteroatoms. The summed E-state index contributed by atoms with van der Waals surface area (Å²) in [5, 5.41) is 0. The van der Waals surface area contributed by atoms with Gasteiger partial charge in [0.1, 0.15) is 0 Å². The molecule has 76 valence electrons. The first-order chi connectivity index (χ1) is 6.07. The van der Waals surface area contributed by atoms with Gasteiger partial charge in [-0.3, -0.25) is 0 Å². The van der Waals surface area contributed by atoms with Crippen molar-refractivity contribution in [3.05, 3.63) is 0 Å². The lowest BCUT2D eigenvalue weighted by Gasteiger charge is -2.36. The van der Waals surface area contributed by atoms with Crippen molar-refractivity contribution in [2.75, 3.05) is 0 Å². The number of fused-ring (bicyclic) bond motifs is 1. The van der Waals surface area contributed by atoms with Crippen LogP contribution in [0, 0.1) is 17.8 Å². The van der Waals surface area contributed by atoms with Gasteiger partial charge < -0.3 is 0 Å². The van der Waals surface area contributed by atoms with E-state index in [2.05, 4.69) is 0 Å². The van der Waals surface area contributed by atoms with Gasteiger partial charge in [-0.2, -0.15) is 13.2 Å². The quantitative estimate of drug-likeness (QED) is 0.548. The van der Waals surface area contributed by atoms with Gasteiger partial charge in [-0.15, -0.1) is 0 Å². The summed E-state index contributed by atoms with van der Waals surface area (Å²) in [6, 6.07) is 0. The molecule has 3 unspecified atom stereocenters. The molecular weight excluding hydrogens is 177 g/mol. The van der Waals surface area contributed by atoms with Crippen molar-refractivity contribution in [2.24, 2.45) is 17.8 Å². The fourth-order valence-electron chi connectivity index (χ4n) is 2.74. The highest BCUT2D eigenvalue weighted by Gasteiger charge is 2.45. The maximum atomic E-state index is 12.4. The zero-order valence-corrected chi connectivity index (χ0v) is 7.61. The molecule has 0 spiro atoms. The topological polar surface area (TPSA) is 0 Å². The molecule has 2 rings (SSSR count). The first kappa shape index (κ1) is 9.35. The molecule has 0 heterocycles. The highest BCUT2D eigenvalue weighted by molar-refractivity contribution is 4.87. The van der Waals surface area contributed by atoms with Gasteiger partial charge in [0.2, 0.25) is 0 Å². The summed E-state index contributed by atoms with van der Waals surface area (Å²) < 4.78 is 37.3. The van der Waals surface area contributed by atoms with Crippen molar-refractivity contribution in [1.82, 2.24) is 0 Å². The van der Waals surface area contributed by atoms with Crippen molar-refractivity contribution >= 4 is 0 Å². The van der Waals surface area contributed by atoms with E-state index in [-0.39, 0.29) is 0 Å². The first-order valence-corrected chi connectivity index (χ1v) is 5.14. The molecule has 0 N–H and O–H groups in total. The number of rotatable bonds is 0. The van der Waals surface area contributed by atoms with Crippen LogP contribution in [-0.4, -0.2) is 6.18 Å². The fourth-order valence-corrected chi connectivity index (χ4v) is 2.74. The standard InChI is InChI=1S/C10H15F3/c11-10(12,13)9-3-1-2-7-4-5-8(7)6-9/h7-9H,1-6H2. The number of halogens is 3. The van der Waals surface area contributed by atoms with Crippen molar-refractivity contribution in [3.8, 4) is 0 Å². The molecule has 0 amide bonds. The van der Waals surface area contributed by atoms with Crippen molar-refractivity contribution in [2.45, 2.75) is 44.7 Å². The van der Waals surface area contributed by atoms with E-state index in [4.69, 9.17) is 0 Å². The molecule has 0 aromatic carbocycles. The van der Waals surface area contributed by atoms with E-state index in [0.717, 1.165) is 19.3 Å². The largest absolute Gasteiger partial charge is 0.391 e. The predicted molar refractivity (Wildman–Crippen MR) is 44.2 cm³/mol. The molecule has 0 radical (unpaired) electrons. The Kier molecular flexibility index (Phi) is 2.28. The summed E-state index contributed by atoms with van der Waals surface area (Å²) in [6.45, 7) is 0. The zero-order chi connectivity index (χ0) is 9.47. The van der Waals surface area contributed by atoms with Gasteiger partial charge in [-0.1, -0.05) is 12.8 Å². The molecule has 0 aromatic rings. The van der Waals surface area contributed by atoms with Crippen LogP contribution in [0.3, 0.4) is 0 Å². The lowest BCUT2D eigenvalue weighted by atomic mass is 9.70. The fraction of sp³-hybridized carbons (Fsp3) is 1.00. The lowest BCUT2D eigenvalue weighted by Crippen LogP contribution is -2.30. The minimum Gasteiger partial charge on any atom is -0.171 e. The van der Waals surface area contributed by atoms with Crippen LogP contribution in [0.25, 0.3) is 0 Å². The van der Waals surface area contributed by atoms with Gasteiger partial charge in [-0.25, -0.2) is 0 Å². The maximum Gasteiger partial charge on any atom is 0.391 e.